The molecule has 1 rings (SSSR count). The lowest BCUT2D eigenvalue weighted by Gasteiger charge is -2.28. The largest absolute Gasteiger partial charge is 0.390 e. The van der Waals surface area contributed by atoms with Crippen LogP contribution in [0.5, 0.6) is 0 Å². The summed E-state index contributed by atoms with van der Waals surface area (Å²) in [6.45, 7) is 5.82. The molecule has 0 heterocycles. The SMILES string of the molecule is CC1=CC=C[C@H](C(C)(C)O)C1. The lowest BCUT2D eigenvalue weighted by molar-refractivity contribution is 0.0366. The number of aliphatic hydroxyl groups is 1. The first-order valence-corrected chi connectivity index (χ1v) is 4.06. The van der Waals surface area contributed by atoms with Gasteiger partial charge in [-0.05, 0) is 27.2 Å². The molecule has 1 atom stereocenters. The summed E-state index contributed by atoms with van der Waals surface area (Å²) in [6, 6.07) is 0. The molecular weight excluding hydrogens is 136 g/mol. The first-order chi connectivity index (χ1) is 5.00. The molecule has 1 heteroatoms. The van der Waals surface area contributed by atoms with Gasteiger partial charge >= 0.3 is 0 Å². The first-order valence-electron chi connectivity index (χ1n) is 4.06. The fourth-order valence-electron chi connectivity index (χ4n) is 1.32. The summed E-state index contributed by atoms with van der Waals surface area (Å²) in [5, 5.41) is 9.68. The third-order valence-corrected chi connectivity index (χ3v) is 2.17. The number of allylic oxidation sites excluding steroid dienone is 3. The fraction of sp³-hybridized carbons (Fsp3) is 0.600. The highest BCUT2D eigenvalue weighted by molar-refractivity contribution is 5.19. The van der Waals surface area contributed by atoms with E-state index in [1.54, 1.807) is 0 Å². The Bertz CT molecular complexity index is 193. The van der Waals surface area contributed by atoms with Crippen molar-refractivity contribution in [1.82, 2.24) is 0 Å². The molecule has 1 nitrogen and oxygen atoms in total. The quantitative estimate of drug-likeness (QED) is 0.611. The van der Waals surface area contributed by atoms with Gasteiger partial charge in [0.25, 0.3) is 0 Å². The van der Waals surface area contributed by atoms with E-state index in [9.17, 15) is 5.11 Å². The van der Waals surface area contributed by atoms with E-state index in [-0.39, 0.29) is 5.92 Å². The highest BCUT2D eigenvalue weighted by Gasteiger charge is 2.25. The van der Waals surface area contributed by atoms with Crippen molar-refractivity contribution in [1.29, 1.82) is 0 Å². The van der Waals surface area contributed by atoms with Gasteiger partial charge in [0.05, 0.1) is 5.60 Å². The second-order valence-corrected chi connectivity index (χ2v) is 3.86. The van der Waals surface area contributed by atoms with Crippen molar-refractivity contribution in [3.05, 3.63) is 23.8 Å². The van der Waals surface area contributed by atoms with Crippen molar-refractivity contribution in [2.45, 2.75) is 32.8 Å². The van der Waals surface area contributed by atoms with E-state index < -0.39 is 5.60 Å². The van der Waals surface area contributed by atoms with Crippen molar-refractivity contribution in [2.75, 3.05) is 0 Å². The Hall–Kier alpha value is -0.560. The average molecular weight is 152 g/mol. The molecule has 0 radical (unpaired) electrons. The summed E-state index contributed by atoms with van der Waals surface area (Å²) in [4.78, 5) is 0. The smallest absolute Gasteiger partial charge is 0.0657 e. The monoisotopic (exact) mass is 152 g/mol. The molecule has 1 N–H and O–H groups in total. The number of hydrogen-bond acceptors (Lipinski definition) is 1. The summed E-state index contributed by atoms with van der Waals surface area (Å²) >= 11 is 0. The Morgan fingerprint density at radius 2 is 2.18 bits per heavy atom. The zero-order valence-electron chi connectivity index (χ0n) is 7.46. The van der Waals surface area contributed by atoms with Gasteiger partial charge in [0.1, 0.15) is 0 Å². The van der Waals surface area contributed by atoms with Gasteiger partial charge in [-0.2, -0.15) is 0 Å². The van der Waals surface area contributed by atoms with Crippen LogP contribution in [0, 0.1) is 5.92 Å². The van der Waals surface area contributed by atoms with Crippen LogP contribution < -0.4 is 0 Å². The Balaban J connectivity index is 2.67. The van der Waals surface area contributed by atoms with Gasteiger partial charge in [0, 0.05) is 5.92 Å². The number of hydrogen-bond donors (Lipinski definition) is 1. The second-order valence-electron chi connectivity index (χ2n) is 3.86. The summed E-state index contributed by atoms with van der Waals surface area (Å²) in [5.41, 5.74) is 0.770. The lowest BCUT2D eigenvalue weighted by atomic mass is 9.83. The molecular formula is C10H16O. The van der Waals surface area contributed by atoms with Crippen LogP contribution in [-0.4, -0.2) is 10.7 Å². The van der Waals surface area contributed by atoms with Crippen molar-refractivity contribution in [2.24, 2.45) is 5.92 Å². The van der Waals surface area contributed by atoms with Gasteiger partial charge in [0.15, 0.2) is 0 Å². The average Bonchev–Trinajstić information content (AvgIpc) is 1.86. The van der Waals surface area contributed by atoms with Crippen LogP contribution in [0.2, 0.25) is 0 Å². The van der Waals surface area contributed by atoms with Gasteiger partial charge in [-0.3, -0.25) is 0 Å². The molecule has 1 aliphatic rings. The molecule has 11 heavy (non-hydrogen) atoms. The van der Waals surface area contributed by atoms with E-state index in [4.69, 9.17) is 0 Å². The Morgan fingerprint density at radius 3 is 2.55 bits per heavy atom. The molecule has 0 aromatic carbocycles. The topological polar surface area (TPSA) is 20.2 Å². The molecule has 0 aromatic heterocycles. The molecule has 0 spiro atoms. The van der Waals surface area contributed by atoms with Crippen molar-refractivity contribution < 1.29 is 5.11 Å². The highest BCUT2D eigenvalue weighted by atomic mass is 16.3. The maximum Gasteiger partial charge on any atom is 0.0657 e. The Kier molecular flexibility index (Phi) is 2.19. The van der Waals surface area contributed by atoms with Gasteiger partial charge < -0.3 is 5.11 Å². The molecule has 0 aromatic rings. The van der Waals surface area contributed by atoms with Crippen LogP contribution in [0.4, 0.5) is 0 Å². The van der Waals surface area contributed by atoms with Gasteiger partial charge in [0.2, 0.25) is 0 Å². The summed E-state index contributed by atoms with van der Waals surface area (Å²) in [6.07, 6.45) is 7.19. The third-order valence-electron chi connectivity index (χ3n) is 2.17. The number of rotatable bonds is 1. The maximum atomic E-state index is 9.68. The highest BCUT2D eigenvalue weighted by Crippen LogP contribution is 2.27. The standard InChI is InChI=1S/C10H16O/c1-8-5-4-6-9(7-8)10(2,3)11/h4-6,9,11H,7H2,1-3H3/t9-/m0/s1. The minimum absolute atomic E-state index is 0.285. The van der Waals surface area contributed by atoms with Crippen LogP contribution in [0.15, 0.2) is 23.8 Å². The van der Waals surface area contributed by atoms with Crippen LogP contribution in [0.1, 0.15) is 27.2 Å². The molecule has 0 fully saturated rings. The van der Waals surface area contributed by atoms with Crippen LogP contribution in [-0.2, 0) is 0 Å². The van der Waals surface area contributed by atoms with Crippen LogP contribution in [0.25, 0.3) is 0 Å². The molecule has 62 valence electrons. The van der Waals surface area contributed by atoms with E-state index >= 15 is 0 Å². The maximum absolute atomic E-state index is 9.68. The van der Waals surface area contributed by atoms with E-state index in [0.29, 0.717) is 0 Å². The Labute approximate surface area is 68.4 Å². The molecule has 0 saturated heterocycles. The zero-order chi connectivity index (χ0) is 8.48. The van der Waals surface area contributed by atoms with Crippen LogP contribution in [0.3, 0.4) is 0 Å². The van der Waals surface area contributed by atoms with E-state index in [2.05, 4.69) is 19.1 Å². The minimum atomic E-state index is -0.577. The zero-order valence-corrected chi connectivity index (χ0v) is 7.46. The Morgan fingerprint density at radius 1 is 1.55 bits per heavy atom. The summed E-state index contributed by atoms with van der Waals surface area (Å²) in [7, 11) is 0. The summed E-state index contributed by atoms with van der Waals surface area (Å²) < 4.78 is 0. The van der Waals surface area contributed by atoms with E-state index in [0.717, 1.165) is 6.42 Å². The molecule has 1 aliphatic carbocycles. The normalized spacial score (nSPS) is 25.1. The van der Waals surface area contributed by atoms with E-state index in [1.165, 1.54) is 5.57 Å². The van der Waals surface area contributed by atoms with Crippen molar-refractivity contribution in [3.63, 3.8) is 0 Å². The second kappa shape index (κ2) is 2.82. The molecule has 0 unspecified atom stereocenters. The van der Waals surface area contributed by atoms with Crippen molar-refractivity contribution in [3.8, 4) is 0 Å². The first kappa shape index (κ1) is 8.54. The van der Waals surface area contributed by atoms with Gasteiger partial charge in [-0.25, -0.2) is 0 Å². The molecule has 0 aliphatic heterocycles. The fourth-order valence-corrected chi connectivity index (χ4v) is 1.32. The molecule has 0 bridgehead atoms. The van der Waals surface area contributed by atoms with Crippen LogP contribution >= 0.6 is 0 Å². The summed E-state index contributed by atoms with van der Waals surface area (Å²) in [5.74, 6) is 0.285. The predicted molar refractivity (Wildman–Crippen MR) is 47.3 cm³/mol. The predicted octanol–water partition coefficient (Wildman–Crippen LogP) is 2.28. The molecule has 0 saturated carbocycles. The van der Waals surface area contributed by atoms with Crippen molar-refractivity contribution >= 4 is 0 Å². The van der Waals surface area contributed by atoms with Gasteiger partial charge in [-0.1, -0.05) is 23.8 Å². The minimum Gasteiger partial charge on any atom is -0.390 e. The van der Waals surface area contributed by atoms with Gasteiger partial charge in [-0.15, -0.1) is 0 Å². The molecule has 0 amide bonds. The third kappa shape index (κ3) is 2.19. The van der Waals surface area contributed by atoms with E-state index in [1.807, 2.05) is 19.9 Å². The lowest BCUT2D eigenvalue weighted by Crippen LogP contribution is -2.30.